The minimum atomic E-state index is 0.0593. The van der Waals surface area contributed by atoms with Crippen LogP contribution in [0, 0.1) is 0 Å². The summed E-state index contributed by atoms with van der Waals surface area (Å²) in [5, 5.41) is 5.01. The maximum absolute atomic E-state index is 12.1. The zero-order valence-corrected chi connectivity index (χ0v) is 13.6. The second-order valence-electron chi connectivity index (χ2n) is 5.43. The molecule has 0 unspecified atom stereocenters. The smallest absolute Gasteiger partial charge is 0.226 e. The first kappa shape index (κ1) is 14.8. The Morgan fingerprint density at radius 3 is 2.86 bits per heavy atom. The number of amides is 1. The number of imidazole rings is 1. The Kier molecular flexibility index (Phi) is 4.24. The molecule has 0 saturated heterocycles. The van der Waals surface area contributed by atoms with Crippen LogP contribution >= 0.6 is 11.3 Å². The second kappa shape index (κ2) is 6.32. The topological polar surface area (TPSA) is 46.4 Å². The van der Waals surface area contributed by atoms with E-state index in [0.29, 0.717) is 6.42 Å². The van der Waals surface area contributed by atoms with Crippen molar-refractivity contribution in [2.75, 3.05) is 0 Å². The Morgan fingerprint density at radius 2 is 2.14 bits per heavy atom. The van der Waals surface area contributed by atoms with Crippen molar-refractivity contribution in [3.8, 4) is 11.3 Å². The molecule has 1 atom stereocenters. The highest BCUT2D eigenvalue weighted by Crippen LogP contribution is 2.23. The summed E-state index contributed by atoms with van der Waals surface area (Å²) in [5.74, 6) is 0.0593. The Morgan fingerprint density at radius 1 is 1.36 bits per heavy atom. The van der Waals surface area contributed by atoms with Crippen LogP contribution in [0.5, 0.6) is 0 Å². The highest BCUT2D eigenvalue weighted by Gasteiger charge is 2.13. The maximum atomic E-state index is 12.1. The highest BCUT2D eigenvalue weighted by atomic mass is 32.1. The summed E-state index contributed by atoms with van der Waals surface area (Å²) in [6.45, 7) is 4.08. The average molecular weight is 313 g/mol. The van der Waals surface area contributed by atoms with Crippen LogP contribution < -0.4 is 5.32 Å². The van der Waals surface area contributed by atoms with Gasteiger partial charge >= 0.3 is 0 Å². The molecular formula is C17H19N3OS. The van der Waals surface area contributed by atoms with E-state index in [1.54, 1.807) is 11.3 Å². The lowest BCUT2D eigenvalue weighted by atomic mass is 10.2. The van der Waals surface area contributed by atoms with Gasteiger partial charge in [0.15, 0.2) is 4.96 Å². The zero-order chi connectivity index (χ0) is 15.5. The molecule has 0 radical (unpaired) electrons. The van der Waals surface area contributed by atoms with Crippen molar-refractivity contribution in [2.24, 2.45) is 0 Å². The monoisotopic (exact) mass is 313 g/mol. The molecule has 114 valence electrons. The number of benzene rings is 1. The van der Waals surface area contributed by atoms with Gasteiger partial charge in [-0.15, -0.1) is 11.3 Å². The van der Waals surface area contributed by atoms with Gasteiger partial charge in [-0.25, -0.2) is 4.98 Å². The fraction of sp³-hybridized carbons (Fsp3) is 0.294. The van der Waals surface area contributed by atoms with E-state index < -0.39 is 0 Å². The van der Waals surface area contributed by atoms with Gasteiger partial charge in [-0.3, -0.25) is 9.20 Å². The molecule has 0 spiro atoms. The number of thiazole rings is 1. The van der Waals surface area contributed by atoms with Crippen LogP contribution in [0.15, 0.2) is 41.9 Å². The number of carbonyl (C=O) groups is 1. The van der Waals surface area contributed by atoms with Crippen LogP contribution in [0.4, 0.5) is 0 Å². The fourth-order valence-electron chi connectivity index (χ4n) is 2.30. The highest BCUT2D eigenvalue weighted by molar-refractivity contribution is 7.15. The molecule has 2 aromatic heterocycles. The Labute approximate surface area is 133 Å². The number of nitrogens with one attached hydrogen (secondary N) is 1. The van der Waals surface area contributed by atoms with Gasteiger partial charge in [-0.2, -0.15) is 0 Å². The molecule has 1 N–H and O–H groups in total. The number of nitrogens with zero attached hydrogens (tertiary/aromatic N) is 2. The summed E-state index contributed by atoms with van der Waals surface area (Å²) in [6.07, 6.45) is 3.33. The largest absolute Gasteiger partial charge is 0.353 e. The summed E-state index contributed by atoms with van der Waals surface area (Å²) < 4.78 is 2.02. The van der Waals surface area contributed by atoms with Gasteiger partial charge in [0.25, 0.3) is 0 Å². The van der Waals surface area contributed by atoms with Crippen LogP contribution in [0.2, 0.25) is 0 Å². The second-order valence-corrected chi connectivity index (χ2v) is 6.26. The predicted molar refractivity (Wildman–Crippen MR) is 90.1 cm³/mol. The minimum absolute atomic E-state index is 0.0593. The van der Waals surface area contributed by atoms with Gasteiger partial charge in [0, 0.05) is 28.9 Å². The summed E-state index contributed by atoms with van der Waals surface area (Å²) in [4.78, 5) is 17.6. The maximum Gasteiger partial charge on any atom is 0.226 e. The summed E-state index contributed by atoms with van der Waals surface area (Å²) >= 11 is 1.57. The first-order valence-electron chi connectivity index (χ1n) is 7.47. The third-order valence-electron chi connectivity index (χ3n) is 3.71. The van der Waals surface area contributed by atoms with Crippen LogP contribution in [-0.4, -0.2) is 21.3 Å². The standard InChI is InChI=1S/C17H19N3OS/c1-3-12(2)18-16(21)9-14-11-22-17-19-15(10-20(14)17)13-7-5-4-6-8-13/h4-8,10-12H,3,9H2,1-2H3,(H,18,21)/t12-/m1/s1. The lowest BCUT2D eigenvalue weighted by Gasteiger charge is -2.10. The molecule has 1 amide bonds. The van der Waals surface area contributed by atoms with Gasteiger partial charge in [0.1, 0.15) is 0 Å². The predicted octanol–water partition coefficient (Wildman–Crippen LogP) is 3.52. The van der Waals surface area contributed by atoms with Crippen molar-refractivity contribution in [1.29, 1.82) is 0 Å². The van der Waals surface area contributed by atoms with Crippen molar-refractivity contribution in [2.45, 2.75) is 32.7 Å². The third kappa shape index (κ3) is 3.04. The third-order valence-corrected chi connectivity index (χ3v) is 4.60. The number of hydrogen-bond donors (Lipinski definition) is 1. The van der Waals surface area contributed by atoms with Gasteiger partial charge in [0.2, 0.25) is 5.91 Å². The van der Waals surface area contributed by atoms with Crippen molar-refractivity contribution in [1.82, 2.24) is 14.7 Å². The van der Waals surface area contributed by atoms with E-state index in [4.69, 9.17) is 0 Å². The molecule has 22 heavy (non-hydrogen) atoms. The molecule has 1 aromatic carbocycles. The summed E-state index contributed by atoms with van der Waals surface area (Å²) in [7, 11) is 0. The molecule has 2 heterocycles. The van der Waals surface area contributed by atoms with Crippen LogP contribution in [0.1, 0.15) is 26.0 Å². The number of aromatic nitrogens is 2. The van der Waals surface area contributed by atoms with Crippen LogP contribution in [0.25, 0.3) is 16.2 Å². The molecule has 0 aliphatic heterocycles. The van der Waals surface area contributed by atoms with E-state index >= 15 is 0 Å². The van der Waals surface area contributed by atoms with Gasteiger partial charge in [-0.1, -0.05) is 37.3 Å². The van der Waals surface area contributed by atoms with E-state index in [9.17, 15) is 4.79 Å². The van der Waals surface area contributed by atoms with E-state index in [1.165, 1.54) is 0 Å². The number of fused-ring (bicyclic) bond motifs is 1. The van der Waals surface area contributed by atoms with Gasteiger partial charge < -0.3 is 5.32 Å². The number of carbonyl (C=O) groups excluding carboxylic acids is 1. The average Bonchev–Trinajstić information content (AvgIpc) is 3.10. The fourth-order valence-corrected chi connectivity index (χ4v) is 3.17. The van der Waals surface area contributed by atoms with Crippen LogP contribution in [-0.2, 0) is 11.2 Å². The van der Waals surface area contributed by atoms with E-state index in [2.05, 4.69) is 17.2 Å². The molecule has 3 rings (SSSR count). The summed E-state index contributed by atoms with van der Waals surface area (Å²) in [6, 6.07) is 10.3. The molecule has 0 aliphatic rings. The lowest BCUT2D eigenvalue weighted by molar-refractivity contribution is -0.121. The van der Waals surface area contributed by atoms with Crippen molar-refractivity contribution >= 4 is 22.2 Å². The molecule has 3 aromatic rings. The Hall–Kier alpha value is -2.14. The molecule has 4 nitrogen and oxygen atoms in total. The van der Waals surface area contributed by atoms with E-state index in [1.807, 2.05) is 53.2 Å². The van der Waals surface area contributed by atoms with Gasteiger partial charge in [-0.05, 0) is 13.3 Å². The zero-order valence-electron chi connectivity index (χ0n) is 12.7. The molecule has 0 fully saturated rings. The molecule has 0 bridgehead atoms. The van der Waals surface area contributed by atoms with E-state index in [-0.39, 0.29) is 11.9 Å². The Balaban J connectivity index is 1.83. The normalized spacial score (nSPS) is 12.5. The van der Waals surface area contributed by atoms with E-state index in [0.717, 1.165) is 28.3 Å². The van der Waals surface area contributed by atoms with Crippen molar-refractivity contribution < 1.29 is 4.79 Å². The molecule has 0 saturated carbocycles. The van der Waals surface area contributed by atoms with Crippen molar-refractivity contribution in [3.63, 3.8) is 0 Å². The Bertz CT molecular complexity index is 776. The first-order valence-corrected chi connectivity index (χ1v) is 8.35. The molecule has 5 heteroatoms. The molecule has 0 aliphatic carbocycles. The summed E-state index contributed by atoms with van der Waals surface area (Å²) in [5.41, 5.74) is 3.01. The van der Waals surface area contributed by atoms with Crippen LogP contribution in [0.3, 0.4) is 0 Å². The quantitative estimate of drug-likeness (QED) is 0.783. The van der Waals surface area contributed by atoms with Crippen molar-refractivity contribution in [3.05, 3.63) is 47.6 Å². The van der Waals surface area contributed by atoms with Gasteiger partial charge in [0.05, 0.1) is 12.1 Å². The first-order chi connectivity index (χ1) is 10.7. The number of hydrogen-bond acceptors (Lipinski definition) is 3. The number of rotatable bonds is 5. The SMILES string of the molecule is CC[C@@H](C)NC(=O)Cc1csc2nc(-c3ccccc3)cn12. The lowest BCUT2D eigenvalue weighted by Crippen LogP contribution is -2.33. The minimum Gasteiger partial charge on any atom is -0.353 e. The molecular weight excluding hydrogens is 294 g/mol.